The molecule has 112 valence electrons. The molecular formula is C14H23ClN4S. The van der Waals surface area contributed by atoms with Crippen molar-refractivity contribution in [1.29, 1.82) is 0 Å². The maximum atomic E-state index is 5.91. The monoisotopic (exact) mass is 314 g/mol. The van der Waals surface area contributed by atoms with Gasteiger partial charge in [-0.05, 0) is 44.5 Å². The quantitative estimate of drug-likeness (QED) is 0.626. The van der Waals surface area contributed by atoms with E-state index >= 15 is 0 Å². The van der Waals surface area contributed by atoms with Gasteiger partial charge in [-0.1, -0.05) is 18.5 Å². The molecule has 1 fully saturated rings. The van der Waals surface area contributed by atoms with Crippen molar-refractivity contribution < 1.29 is 0 Å². The minimum atomic E-state index is 0.551. The summed E-state index contributed by atoms with van der Waals surface area (Å²) in [6, 6.07) is 4.55. The predicted octanol–water partition coefficient (Wildman–Crippen LogP) is 2.33. The van der Waals surface area contributed by atoms with Crippen molar-refractivity contribution in [2.24, 2.45) is 10.7 Å². The van der Waals surface area contributed by atoms with E-state index in [1.165, 1.54) is 24.3 Å². The van der Waals surface area contributed by atoms with Crippen molar-refractivity contribution in [3.05, 3.63) is 21.3 Å². The lowest BCUT2D eigenvalue weighted by atomic mass is 10.2. The topological polar surface area (TPSA) is 53.6 Å². The van der Waals surface area contributed by atoms with Gasteiger partial charge in [-0.25, -0.2) is 0 Å². The highest BCUT2D eigenvalue weighted by atomic mass is 35.5. The minimum absolute atomic E-state index is 0.551. The summed E-state index contributed by atoms with van der Waals surface area (Å²) in [4.78, 5) is 8.20. The Morgan fingerprint density at radius 2 is 2.45 bits per heavy atom. The number of nitrogens with two attached hydrogens (primary N) is 1. The van der Waals surface area contributed by atoms with E-state index in [4.69, 9.17) is 17.3 Å². The number of thiophene rings is 1. The second-order valence-corrected chi connectivity index (χ2v) is 6.83. The van der Waals surface area contributed by atoms with Gasteiger partial charge in [0.05, 0.1) is 10.9 Å². The van der Waals surface area contributed by atoms with Crippen LogP contribution in [0, 0.1) is 0 Å². The number of rotatable bonds is 6. The molecule has 1 atom stereocenters. The molecule has 2 rings (SSSR count). The van der Waals surface area contributed by atoms with Crippen LogP contribution in [0.1, 0.15) is 24.6 Å². The maximum Gasteiger partial charge on any atom is 0.188 e. The third-order valence-electron chi connectivity index (χ3n) is 3.68. The van der Waals surface area contributed by atoms with Crippen LogP contribution in [0.15, 0.2) is 17.1 Å². The molecule has 20 heavy (non-hydrogen) atoms. The summed E-state index contributed by atoms with van der Waals surface area (Å²) in [5.74, 6) is 0.551. The Balaban J connectivity index is 1.68. The third-order valence-corrected chi connectivity index (χ3v) is 4.97. The van der Waals surface area contributed by atoms with Gasteiger partial charge in [0.25, 0.3) is 0 Å². The fourth-order valence-corrected chi connectivity index (χ4v) is 3.66. The first-order valence-corrected chi connectivity index (χ1v) is 8.40. The number of hydrogen-bond donors (Lipinski definition) is 2. The Labute approximate surface area is 130 Å². The van der Waals surface area contributed by atoms with Crippen LogP contribution in [-0.2, 0) is 6.42 Å². The number of nitrogens with zero attached hydrogens (tertiary/aromatic N) is 2. The second kappa shape index (κ2) is 7.86. The molecule has 1 aromatic heterocycles. The largest absolute Gasteiger partial charge is 0.370 e. The summed E-state index contributed by atoms with van der Waals surface area (Å²) < 4.78 is 0.836. The van der Waals surface area contributed by atoms with Crippen molar-refractivity contribution >= 4 is 28.9 Å². The standard InChI is InChI=1S/C14H23ClN4S/c1-2-19-9-3-4-11(19)10-18-14(16)17-8-7-12-5-6-13(15)20-12/h5-6,11H,2-4,7-10H2,1H3,(H3,16,17,18). The van der Waals surface area contributed by atoms with Gasteiger partial charge in [0, 0.05) is 17.5 Å². The van der Waals surface area contributed by atoms with Crippen LogP contribution in [0.4, 0.5) is 0 Å². The smallest absolute Gasteiger partial charge is 0.188 e. The van der Waals surface area contributed by atoms with Gasteiger partial charge in [0.1, 0.15) is 0 Å². The molecule has 4 nitrogen and oxygen atoms in total. The van der Waals surface area contributed by atoms with E-state index in [-0.39, 0.29) is 0 Å². The normalized spacial score (nSPS) is 20.5. The summed E-state index contributed by atoms with van der Waals surface area (Å²) in [5.41, 5.74) is 5.91. The van der Waals surface area contributed by atoms with Gasteiger partial charge in [-0.3, -0.25) is 9.89 Å². The molecule has 1 aromatic rings. The van der Waals surface area contributed by atoms with Crippen LogP contribution >= 0.6 is 22.9 Å². The van der Waals surface area contributed by atoms with E-state index in [1.54, 1.807) is 11.3 Å². The molecule has 0 bridgehead atoms. The van der Waals surface area contributed by atoms with Gasteiger partial charge in [-0.15, -0.1) is 11.3 Å². The average molecular weight is 315 g/mol. The third kappa shape index (κ3) is 4.65. The van der Waals surface area contributed by atoms with E-state index in [1.807, 2.05) is 6.07 Å². The molecule has 0 aromatic carbocycles. The number of nitrogens with one attached hydrogen (secondary N) is 1. The zero-order valence-corrected chi connectivity index (χ0v) is 13.5. The molecule has 0 saturated carbocycles. The molecule has 0 spiro atoms. The summed E-state index contributed by atoms with van der Waals surface area (Å²) in [5, 5.41) is 3.17. The van der Waals surface area contributed by atoms with Crippen LogP contribution in [0.3, 0.4) is 0 Å². The lowest BCUT2D eigenvalue weighted by Gasteiger charge is -2.20. The van der Waals surface area contributed by atoms with Crippen LogP contribution < -0.4 is 11.1 Å². The van der Waals surface area contributed by atoms with Crippen LogP contribution in [0.25, 0.3) is 0 Å². The summed E-state index contributed by atoms with van der Waals surface area (Å²) in [6.07, 6.45) is 3.44. The molecule has 0 amide bonds. The van der Waals surface area contributed by atoms with Crippen molar-refractivity contribution in [3.63, 3.8) is 0 Å². The number of likely N-dealkylation sites (N-methyl/N-ethyl adjacent to an activating group) is 1. The molecule has 0 aliphatic carbocycles. The SMILES string of the molecule is CCN1CCCC1CN=C(N)NCCc1ccc(Cl)s1. The lowest BCUT2D eigenvalue weighted by Crippen LogP contribution is -2.36. The van der Waals surface area contributed by atoms with Crippen LogP contribution in [0.5, 0.6) is 0 Å². The van der Waals surface area contributed by atoms with E-state index < -0.39 is 0 Å². The van der Waals surface area contributed by atoms with Crippen molar-refractivity contribution in [1.82, 2.24) is 10.2 Å². The van der Waals surface area contributed by atoms with E-state index in [9.17, 15) is 0 Å². The first-order valence-electron chi connectivity index (χ1n) is 7.21. The van der Waals surface area contributed by atoms with Crippen molar-refractivity contribution in [2.45, 2.75) is 32.2 Å². The molecule has 1 aliphatic rings. The van der Waals surface area contributed by atoms with Gasteiger partial charge in [0.2, 0.25) is 0 Å². The second-order valence-electron chi connectivity index (χ2n) is 5.03. The Morgan fingerprint density at radius 3 is 3.15 bits per heavy atom. The van der Waals surface area contributed by atoms with E-state index in [2.05, 4.69) is 28.2 Å². The Kier molecular flexibility index (Phi) is 6.13. The minimum Gasteiger partial charge on any atom is -0.370 e. The van der Waals surface area contributed by atoms with Gasteiger partial charge in [0.15, 0.2) is 5.96 Å². The summed E-state index contributed by atoms with van der Waals surface area (Å²) in [6.45, 7) is 6.11. The first kappa shape index (κ1) is 15.6. The summed E-state index contributed by atoms with van der Waals surface area (Å²) in [7, 11) is 0. The molecule has 2 heterocycles. The number of guanidine groups is 1. The number of halogens is 1. The fraction of sp³-hybridized carbons (Fsp3) is 0.643. The molecule has 1 saturated heterocycles. The predicted molar refractivity (Wildman–Crippen MR) is 87.8 cm³/mol. The fourth-order valence-electron chi connectivity index (χ4n) is 2.58. The zero-order chi connectivity index (χ0) is 14.4. The van der Waals surface area contributed by atoms with Gasteiger partial charge >= 0.3 is 0 Å². The van der Waals surface area contributed by atoms with Gasteiger partial charge in [-0.2, -0.15) is 0 Å². The van der Waals surface area contributed by atoms with Gasteiger partial charge < -0.3 is 11.1 Å². The van der Waals surface area contributed by atoms with Crippen molar-refractivity contribution in [3.8, 4) is 0 Å². The molecule has 1 aliphatic heterocycles. The first-order chi connectivity index (χ1) is 9.69. The van der Waals surface area contributed by atoms with Crippen LogP contribution in [-0.4, -0.2) is 43.1 Å². The highest BCUT2D eigenvalue weighted by molar-refractivity contribution is 7.16. The van der Waals surface area contributed by atoms with E-state index in [0.29, 0.717) is 12.0 Å². The maximum absolute atomic E-state index is 5.91. The van der Waals surface area contributed by atoms with Crippen molar-refractivity contribution in [2.75, 3.05) is 26.2 Å². The lowest BCUT2D eigenvalue weighted by molar-refractivity contribution is 0.273. The molecule has 6 heteroatoms. The molecular weight excluding hydrogens is 292 g/mol. The number of hydrogen-bond acceptors (Lipinski definition) is 3. The molecule has 3 N–H and O–H groups in total. The number of likely N-dealkylation sites (tertiary alicyclic amines) is 1. The molecule has 1 unspecified atom stereocenters. The number of aliphatic imine (C=N–C) groups is 1. The highest BCUT2D eigenvalue weighted by Gasteiger charge is 2.22. The Hall–Kier alpha value is -0.780. The zero-order valence-electron chi connectivity index (χ0n) is 11.9. The Morgan fingerprint density at radius 1 is 1.60 bits per heavy atom. The average Bonchev–Trinajstić information content (AvgIpc) is 3.05. The molecule has 0 radical (unpaired) electrons. The highest BCUT2D eigenvalue weighted by Crippen LogP contribution is 2.21. The van der Waals surface area contributed by atoms with Crippen LogP contribution in [0.2, 0.25) is 4.34 Å². The van der Waals surface area contributed by atoms with E-state index in [0.717, 1.165) is 30.4 Å². The Bertz CT molecular complexity index is 446. The summed E-state index contributed by atoms with van der Waals surface area (Å²) >= 11 is 7.51.